The summed E-state index contributed by atoms with van der Waals surface area (Å²) in [6.45, 7) is 1.99. The average Bonchev–Trinajstić information content (AvgIpc) is 2.77. The monoisotopic (exact) mass is 340 g/mol. The Labute approximate surface area is 144 Å². The fourth-order valence-corrected chi connectivity index (χ4v) is 4.77. The summed E-state index contributed by atoms with van der Waals surface area (Å²) in [5, 5.41) is 0.811. The van der Waals surface area contributed by atoms with Gasteiger partial charge in [0.2, 0.25) is 0 Å². The van der Waals surface area contributed by atoms with Crippen molar-refractivity contribution >= 4 is 21.6 Å². The van der Waals surface area contributed by atoms with E-state index in [-0.39, 0.29) is 5.56 Å². The van der Waals surface area contributed by atoms with Crippen LogP contribution < -0.4 is 10.3 Å². The molecule has 0 spiro atoms. The second-order valence-corrected chi connectivity index (χ2v) is 7.43. The average molecular weight is 340 g/mol. The fraction of sp³-hybridized carbons (Fsp3) is 0.368. The van der Waals surface area contributed by atoms with Crippen molar-refractivity contribution in [2.45, 2.75) is 39.0 Å². The number of hydrogen-bond donors (Lipinski definition) is 1. The summed E-state index contributed by atoms with van der Waals surface area (Å²) in [7, 11) is 1.66. The molecule has 0 fully saturated rings. The number of fused-ring (bicyclic) bond motifs is 3. The number of benzene rings is 1. The second-order valence-electron chi connectivity index (χ2n) is 6.34. The lowest BCUT2D eigenvalue weighted by atomic mass is 10.1. The molecule has 4 nitrogen and oxygen atoms in total. The molecular weight excluding hydrogens is 320 g/mol. The van der Waals surface area contributed by atoms with Gasteiger partial charge in [0.25, 0.3) is 5.56 Å². The van der Waals surface area contributed by atoms with E-state index in [9.17, 15) is 4.79 Å². The van der Waals surface area contributed by atoms with Crippen LogP contribution in [0.25, 0.3) is 21.6 Å². The molecule has 1 N–H and O–H groups in total. The molecule has 0 bridgehead atoms. The third kappa shape index (κ3) is 2.53. The van der Waals surface area contributed by atoms with Crippen LogP contribution in [0.4, 0.5) is 0 Å². The lowest BCUT2D eigenvalue weighted by Crippen LogP contribution is -2.10. The van der Waals surface area contributed by atoms with Gasteiger partial charge in [-0.05, 0) is 61.9 Å². The molecule has 124 valence electrons. The van der Waals surface area contributed by atoms with Crippen LogP contribution in [0, 0.1) is 6.92 Å². The number of aromatic nitrogens is 2. The number of nitrogens with zero attached hydrogens (tertiary/aromatic N) is 1. The first-order chi connectivity index (χ1) is 11.7. The molecule has 0 radical (unpaired) electrons. The minimum atomic E-state index is -0.0112. The summed E-state index contributed by atoms with van der Waals surface area (Å²) in [4.78, 5) is 22.7. The first kappa shape index (κ1) is 15.4. The van der Waals surface area contributed by atoms with Gasteiger partial charge in [-0.15, -0.1) is 11.3 Å². The quantitative estimate of drug-likeness (QED) is 0.710. The predicted octanol–water partition coefficient (Wildman–Crippen LogP) is 4.24. The Balaban J connectivity index is 1.87. The highest BCUT2D eigenvalue weighted by atomic mass is 32.1. The van der Waals surface area contributed by atoms with Gasteiger partial charge in [-0.25, -0.2) is 4.98 Å². The van der Waals surface area contributed by atoms with Gasteiger partial charge in [-0.2, -0.15) is 0 Å². The molecule has 0 aliphatic heterocycles. The number of ether oxygens (including phenoxy) is 1. The van der Waals surface area contributed by atoms with Crippen molar-refractivity contribution in [3.05, 3.63) is 44.6 Å². The molecule has 24 heavy (non-hydrogen) atoms. The van der Waals surface area contributed by atoms with Crippen LogP contribution in [0.2, 0.25) is 0 Å². The Morgan fingerprint density at radius 3 is 2.83 bits per heavy atom. The third-order valence-corrected chi connectivity index (χ3v) is 5.93. The molecular formula is C19H20N2O2S. The Bertz CT molecular complexity index is 971. The van der Waals surface area contributed by atoms with Crippen LogP contribution in [0.1, 0.15) is 35.3 Å². The molecule has 1 aromatic carbocycles. The highest BCUT2D eigenvalue weighted by Gasteiger charge is 2.19. The van der Waals surface area contributed by atoms with Crippen molar-refractivity contribution in [2.24, 2.45) is 0 Å². The summed E-state index contributed by atoms with van der Waals surface area (Å²) >= 11 is 1.69. The number of H-pyrrole nitrogens is 1. The van der Waals surface area contributed by atoms with Gasteiger partial charge < -0.3 is 9.72 Å². The van der Waals surface area contributed by atoms with E-state index in [1.807, 2.05) is 25.1 Å². The normalized spacial score (nSPS) is 14.4. The number of nitrogens with one attached hydrogen (secondary N) is 1. The standard InChI is InChI=1S/C19H20N2O2S/c1-11-10-12(8-9-14(11)23-2)17-20-18(22)16-13-6-4-3-5-7-15(13)24-19(16)21-17/h8-10H,3-7H2,1-2H3,(H,20,21,22). The molecule has 5 heteroatoms. The molecule has 3 aromatic rings. The zero-order chi connectivity index (χ0) is 16.7. The minimum Gasteiger partial charge on any atom is -0.496 e. The zero-order valence-electron chi connectivity index (χ0n) is 13.9. The Hall–Kier alpha value is -2.14. The second kappa shape index (κ2) is 6.06. The number of rotatable bonds is 2. The van der Waals surface area contributed by atoms with E-state index in [1.54, 1.807) is 18.4 Å². The smallest absolute Gasteiger partial charge is 0.260 e. The van der Waals surface area contributed by atoms with Crippen molar-refractivity contribution < 1.29 is 4.74 Å². The van der Waals surface area contributed by atoms with E-state index < -0.39 is 0 Å². The molecule has 0 atom stereocenters. The van der Waals surface area contributed by atoms with E-state index in [1.165, 1.54) is 23.3 Å². The summed E-state index contributed by atoms with van der Waals surface area (Å²) < 4.78 is 5.31. The van der Waals surface area contributed by atoms with Crippen molar-refractivity contribution in [2.75, 3.05) is 7.11 Å². The van der Waals surface area contributed by atoms with E-state index in [4.69, 9.17) is 9.72 Å². The van der Waals surface area contributed by atoms with Crippen molar-refractivity contribution in [3.8, 4) is 17.1 Å². The molecule has 0 saturated heterocycles. The van der Waals surface area contributed by atoms with Gasteiger partial charge >= 0.3 is 0 Å². The van der Waals surface area contributed by atoms with Crippen molar-refractivity contribution in [1.82, 2.24) is 9.97 Å². The Morgan fingerprint density at radius 2 is 2.04 bits per heavy atom. The summed E-state index contributed by atoms with van der Waals surface area (Å²) in [6.07, 6.45) is 5.70. The van der Waals surface area contributed by atoms with Gasteiger partial charge in [0.05, 0.1) is 12.5 Å². The molecule has 0 amide bonds. The van der Waals surface area contributed by atoms with E-state index >= 15 is 0 Å². The number of hydrogen-bond acceptors (Lipinski definition) is 4. The van der Waals surface area contributed by atoms with Gasteiger partial charge in [-0.3, -0.25) is 4.79 Å². The van der Waals surface area contributed by atoms with Crippen LogP contribution in [0.3, 0.4) is 0 Å². The van der Waals surface area contributed by atoms with Crippen LogP contribution >= 0.6 is 11.3 Å². The summed E-state index contributed by atoms with van der Waals surface area (Å²) in [6, 6.07) is 5.86. The molecule has 0 saturated carbocycles. The van der Waals surface area contributed by atoms with E-state index in [2.05, 4.69) is 4.98 Å². The van der Waals surface area contributed by atoms with Crippen LogP contribution in [0.15, 0.2) is 23.0 Å². The number of thiophene rings is 1. The van der Waals surface area contributed by atoms with Gasteiger partial charge in [-0.1, -0.05) is 6.42 Å². The van der Waals surface area contributed by atoms with Crippen molar-refractivity contribution in [1.29, 1.82) is 0 Å². The molecule has 2 aromatic heterocycles. The Kier molecular flexibility index (Phi) is 3.88. The van der Waals surface area contributed by atoms with Crippen LogP contribution in [-0.4, -0.2) is 17.1 Å². The SMILES string of the molecule is COc1ccc(-c2nc3sc4c(c3c(=O)[nH]2)CCCCC4)cc1C. The number of aryl methyl sites for hydroxylation is 3. The summed E-state index contributed by atoms with van der Waals surface area (Å²) in [5.41, 5.74) is 3.16. The van der Waals surface area contributed by atoms with Gasteiger partial charge in [0, 0.05) is 10.4 Å². The molecule has 2 heterocycles. The lowest BCUT2D eigenvalue weighted by Gasteiger charge is -2.07. The van der Waals surface area contributed by atoms with E-state index in [0.29, 0.717) is 5.82 Å². The summed E-state index contributed by atoms with van der Waals surface area (Å²) in [5.74, 6) is 1.47. The highest BCUT2D eigenvalue weighted by Crippen LogP contribution is 2.34. The molecule has 0 unspecified atom stereocenters. The van der Waals surface area contributed by atoms with E-state index in [0.717, 1.165) is 46.4 Å². The molecule has 1 aliphatic rings. The maximum atomic E-state index is 12.7. The largest absolute Gasteiger partial charge is 0.496 e. The number of aromatic amines is 1. The topological polar surface area (TPSA) is 55.0 Å². The van der Waals surface area contributed by atoms with Crippen LogP contribution in [-0.2, 0) is 12.8 Å². The highest BCUT2D eigenvalue weighted by molar-refractivity contribution is 7.18. The lowest BCUT2D eigenvalue weighted by molar-refractivity contribution is 0.412. The zero-order valence-corrected chi connectivity index (χ0v) is 14.8. The minimum absolute atomic E-state index is 0.0112. The first-order valence-electron chi connectivity index (χ1n) is 8.37. The van der Waals surface area contributed by atoms with Gasteiger partial charge in [0.15, 0.2) is 0 Å². The maximum absolute atomic E-state index is 12.7. The van der Waals surface area contributed by atoms with Gasteiger partial charge in [0.1, 0.15) is 16.4 Å². The first-order valence-corrected chi connectivity index (χ1v) is 9.18. The van der Waals surface area contributed by atoms with Crippen LogP contribution in [0.5, 0.6) is 5.75 Å². The maximum Gasteiger partial charge on any atom is 0.260 e. The third-order valence-electron chi connectivity index (χ3n) is 4.74. The Morgan fingerprint density at radius 1 is 1.21 bits per heavy atom. The number of methoxy groups -OCH3 is 1. The van der Waals surface area contributed by atoms with Crippen molar-refractivity contribution in [3.63, 3.8) is 0 Å². The predicted molar refractivity (Wildman–Crippen MR) is 98.2 cm³/mol. The fourth-order valence-electron chi connectivity index (χ4n) is 3.50. The molecule has 4 rings (SSSR count). The molecule has 1 aliphatic carbocycles.